The zero-order chi connectivity index (χ0) is 31.2. The molecular formula is C42H28N4O. The summed E-state index contributed by atoms with van der Waals surface area (Å²) in [5, 5.41) is 12.9. The first kappa shape index (κ1) is 27.1. The first-order chi connectivity index (χ1) is 23.3. The monoisotopic (exact) mass is 604 g/mol. The van der Waals surface area contributed by atoms with Gasteiger partial charge in [0.2, 0.25) is 12.3 Å². The first-order valence-electron chi connectivity index (χ1n) is 15.8. The van der Waals surface area contributed by atoms with Gasteiger partial charge in [-0.05, 0) is 50.4 Å². The van der Waals surface area contributed by atoms with Gasteiger partial charge in [-0.3, -0.25) is 0 Å². The molecule has 2 aliphatic rings. The molecule has 0 saturated heterocycles. The Balaban J connectivity index is 1.16. The fourth-order valence-corrected chi connectivity index (χ4v) is 6.92. The van der Waals surface area contributed by atoms with Crippen LogP contribution >= 0.6 is 0 Å². The quantitative estimate of drug-likeness (QED) is 0.183. The Morgan fingerprint density at radius 1 is 0.553 bits per heavy atom. The Labute approximate surface area is 272 Å². The number of hydrogen-bond donors (Lipinski definition) is 0. The van der Waals surface area contributed by atoms with E-state index in [4.69, 9.17) is 14.4 Å². The molecule has 2 aromatic heterocycles. The van der Waals surface area contributed by atoms with Crippen LogP contribution in [0.3, 0.4) is 0 Å². The third kappa shape index (κ3) is 4.80. The number of rotatable bonds is 5. The van der Waals surface area contributed by atoms with E-state index in [1.165, 1.54) is 39.1 Å². The summed E-state index contributed by atoms with van der Waals surface area (Å²) in [6.45, 7) is 0. The average molecular weight is 605 g/mol. The van der Waals surface area contributed by atoms with Crippen molar-refractivity contribution >= 4 is 27.1 Å². The Hall–Kier alpha value is -6.20. The minimum Gasteiger partial charge on any atom is -0.427 e. The standard InChI is InChI=1S/C42H28N4O/c1-2-10-29(11-3-1)41-44-39(25-40(45-41)38-24-30-12-4-5-13-31(30)33-14-7-9-17-36(33)38)28-20-18-27(19-21-28)32-22-23-37(42-46-43-26-47-42)35-16-8-6-15-34(32)35/h1-26,35,37H. The number of hydrogen-bond acceptors (Lipinski definition) is 5. The number of aromatic nitrogens is 4. The number of allylic oxidation sites excluding steroid dienone is 8. The molecule has 5 nitrogen and oxygen atoms in total. The van der Waals surface area contributed by atoms with Crippen LogP contribution in [0, 0.1) is 5.92 Å². The molecule has 2 atom stereocenters. The third-order valence-corrected chi connectivity index (χ3v) is 9.19. The van der Waals surface area contributed by atoms with Gasteiger partial charge in [0.05, 0.1) is 17.3 Å². The van der Waals surface area contributed by atoms with Crippen LogP contribution in [-0.4, -0.2) is 20.2 Å². The molecule has 5 aromatic carbocycles. The van der Waals surface area contributed by atoms with Gasteiger partial charge >= 0.3 is 0 Å². The lowest BCUT2D eigenvalue weighted by Gasteiger charge is -2.28. The van der Waals surface area contributed by atoms with Crippen LogP contribution in [0.1, 0.15) is 17.4 Å². The van der Waals surface area contributed by atoms with Crippen LogP contribution in [0.5, 0.6) is 0 Å². The van der Waals surface area contributed by atoms with Crippen molar-refractivity contribution < 1.29 is 4.42 Å². The molecule has 0 N–H and O–H groups in total. The van der Waals surface area contributed by atoms with E-state index in [9.17, 15) is 0 Å². The summed E-state index contributed by atoms with van der Waals surface area (Å²) in [5.41, 5.74) is 8.46. The highest BCUT2D eigenvalue weighted by atomic mass is 16.4. The fourth-order valence-electron chi connectivity index (χ4n) is 6.92. The van der Waals surface area contributed by atoms with Gasteiger partial charge in [-0.25, -0.2) is 9.97 Å². The zero-order valence-electron chi connectivity index (χ0n) is 25.4. The van der Waals surface area contributed by atoms with E-state index in [1.807, 2.05) is 18.2 Å². The van der Waals surface area contributed by atoms with Crippen LogP contribution in [-0.2, 0) is 0 Å². The second-order valence-corrected chi connectivity index (χ2v) is 11.9. The normalized spacial score (nSPS) is 17.0. The molecule has 0 fully saturated rings. The SMILES string of the molecule is C1=CC2=C(c3ccc(-c4cc(-c5cc6ccccc6c6ccccc56)nc(-c5ccccc5)n4)cc3)C=CC(c3nnco3)C2C=C1. The summed E-state index contributed by atoms with van der Waals surface area (Å²) in [4.78, 5) is 10.3. The molecule has 0 saturated carbocycles. The van der Waals surface area contributed by atoms with Gasteiger partial charge in [-0.1, -0.05) is 140 Å². The van der Waals surface area contributed by atoms with Gasteiger partial charge in [0.15, 0.2) is 5.82 Å². The van der Waals surface area contributed by atoms with Gasteiger partial charge in [-0.15, -0.1) is 10.2 Å². The minimum atomic E-state index is 0.0127. The smallest absolute Gasteiger partial charge is 0.224 e. The largest absolute Gasteiger partial charge is 0.427 e. The summed E-state index contributed by atoms with van der Waals surface area (Å²) in [6.07, 6.45) is 14.3. The van der Waals surface area contributed by atoms with E-state index < -0.39 is 0 Å². The van der Waals surface area contributed by atoms with Crippen LogP contribution in [0.25, 0.3) is 61.0 Å². The van der Waals surface area contributed by atoms with E-state index in [2.05, 4.69) is 144 Å². The molecule has 9 rings (SSSR count). The molecule has 5 heteroatoms. The summed E-state index contributed by atoms with van der Waals surface area (Å²) >= 11 is 0. The lowest BCUT2D eigenvalue weighted by molar-refractivity contribution is 0.447. The molecule has 2 unspecified atom stereocenters. The lowest BCUT2D eigenvalue weighted by Crippen LogP contribution is -2.17. The van der Waals surface area contributed by atoms with E-state index in [0.717, 1.165) is 33.6 Å². The number of nitrogens with zero attached hydrogens (tertiary/aromatic N) is 4. The third-order valence-electron chi connectivity index (χ3n) is 9.19. The predicted molar refractivity (Wildman–Crippen MR) is 188 cm³/mol. The van der Waals surface area contributed by atoms with Gasteiger partial charge < -0.3 is 4.42 Å². The van der Waals surface area contributed by atoms with Crippen molar-refractivity contribution in [1.82, 2.24) is 20.2 Å². The summed E-state index contributed by atoms with van der Waals surface area (Å²) < 4.78 is 5.59. The highest BCUT2D eigenvalue weighted by Crippen LogP contribution is 2.43. The Kier molecular flexibility index (Phi) is 6.53. The molecule has 0 radical (unpaired) electrons. The summed E-state index contributed by atoms with van der Waals surface area (Å²) in [6, 6.07) is 40.4. The molecule has 2 aliphatic carbocycles. The van der Waals surface area contributed by atoms with Gasteiger partial charge in [0.1, 0.15) is 0 Å². The van der Waals surface area contributed by atoms with E-state index >= 15 is 0 Å². The van der Waals surface area contributed by atoms with Crippen LogP contribution in [0.4, 0.5) is 0 Å². The predicted octanol–water partition coefficient (Wildman–Crippen LogP) is 10.0. The van der Waals surface area contributed by atoms with Crippen molar-refractivity contribution in [2.45, 2.75) is 5.92 Å². The lowest BCUT2D eigenvalue weighted by atomic mass is 9.75. The van der Waals surface area contributed by atoms with Crippen molar-refractivity contribution in [2.24, 2.45) is 5.92 Å². The molecule has 0 amide bonds. The van der Waals surface area contributed by atoms with Crippen molar-refractivity contribution in [3.05, 3.63) is 175 Å². The first-order valence-corrected chi connectivity index (χ1v) is 15.8. The molecule has 222 valence electrons. The topological polar surface area (TPSA) is 64.7 Å². The minimum absolute atomic E-state index is 0.0127. The fraction of sp³-hybridized carbons (Fsp3) is 0.0476. The average Bonchev–Trinajstić information content (AvgIpc) is 3.69. The van der Waals surface area contributed by atoms with Crippen molar-refractivity contribution in [2.75, 3.05) is 0 Å². The van der Waals surface area contributed by atoms with E-state index in [-0.39, 0.29) is 11.8 Å². The van der Waals surface area contributed by atoms with Gasteiger partial charge in [-0.2, -0.15) is 0 Å². The molecule has 0 spiro atoms. The maximum Gasteiger partial charge on any atom is 0.224 e. The maximum atomic E-state index is 5.59. The molecule has 0 aliphatic heterocycles. The van der Waals surface area contributed by atoms with Crippen molar-refractivity contribution in [1.29, 1.82) is 0 Å². The van der Waals surface area contributed by atoms with Crippen LogP contribution in [0.15, 0.2) is 168 Å². The zero-order valence-corrected chi connectivity index (χ0v) is 25.4. The molecule has 0 bridgehead atoms. The summed E-state index contributed by atoms with van der Waals surface area (Å²) in [7, 11) is 0. The second kappa shape index (κ2) is 11.3. The molecule has 2 heterocycles. The van der Waals surface area contributed by atoms with Gasteiger partial charge in [0, 0.05) is 22.6 Å². The number of fused-ring (bicyclic) bond motifs is 4. The van der Waals surface area contributed by atoms with E-state index in [1.54, 1.807) is 0 Å². The van der Waals surface area contributed by atoms with Crippen molar-refractivity contribution in [3.8, 4) is 33.9 Å². The Morgan fingerprint density at radius 2 is 1.30 bits per heavy atom. The maximum absolute atomic E-state index is 5.59. The van der Waals surface area contributed by atoms with E-state index in [0.29, 0.717) is 11.7 Å². The molecular weight excluding hydrogens is 576 g/mol. The van der Waals surface area contributed by atoms with Gasteiger partial charge in [0.25, 0.3) is 0 Å². The molecule has 7 aromatic rings. The summed E-state index contributed by atoms with van der Waals surface area (Å²) in [5.74, 6) is 1.48. The van der Waals surface area contributed by atoms with Crippen LogP contribution < -0.4 is 0 Å². The molecule has 47 heavy (non-hydrogen) atoms. The highest BCUT2D eigenvalue weighted by Gasteiger charge is 2.31. The highest BCUT2D eigenvalue weighted by molar-refractivity contribution is 6.13. The Morgan fingerprint density at radius 3 is 2.13 bits per heavy atom. The van der Waals surface area contributed by atoms with Crippen molar-refractivity contribution in [3.63, 3.8) is 0 Å². The second-order valence-electron chi connectivity index (χ2n) is 11.9. The van der Waals surface area contributed by atoms with Crippen LogP contribution in [0.2, 0.25) is 0 Å². The number of benzene rings is 5. The Bertz CT molecular complexity index is 2400.